The minimum atomic E-state index is -0.672. The van der Waals surface area contributed by atoms with Crippen molar-refractivity contribution in [1.82, 2.24) is 9.88 Å². The molecule has 1 fully saturated rings. The quantitative estimate of drug-likeness (QED) is 0.847. The van der Waals surface area contributed by atoms with Gasteiger partial charge in [-0.05, 0) is 37.1 Å². The maximum atomic E-state index is 12.5. The van der Waals surface area contributed by atoms with Gasteiger partial charge in [0, 0.05) is 11.9 Å². The molecule has 2 aromatic rings. The molecule has 0 aliphatic carbocycles. The van der Waals surface area contributed by atoms with E-state index in [0.29, 0.717) is 19.0 Å². The summed E-state index contributed by atoms with van der Waals surface area (Å²) in [6.07, 6.45) is 1.50. The van der Waals surface area contributed by atoms with Crippen molar-refractivity contribution in [3.63, 3.8) is 0 Å². The van der Waals surface area contributed by atoms with Gasteiger partial charge in [-0.1, -0.05) is 41.6 Å². The van der Waals surface area contributed by atoms with Crippen molar-refractivity contribution >= 4 is 23.6 Å². The topological polar surface area (TPSA) is 54.8 Å². The molecule has 0 radical (unpaired) electrons. The number of aliphatic imine (C=N–C) groups is 1. The molecule has 2 aliphatic heterocycles. The minimum Gasteiger partial charge on any atom is -0.447 e. The van der Waals surface area contributed by atoms with E-state index < -0.39 is 4.87 Å². The maximum Gasteiger partial charge on any atom is 0.411 e. The number of rotatable bonds is 3. The van der Waals surface area contributed by atoms with Crippen LogP contribution in [0, 0.1) is 13.8 Å². The SMILES string of the molecule is Cc1cccc(C2=NCSC2(c2ccnc(C)c2)N2CCOC2=O)c1. The van der Waals surface area contributed by atoms with Crippen LogP contribution >= 0.6 is 11.8 Å². The van der Waals surface area contributed by atoms with Crippen LogP contribution in [0.25, 0.3) is 0 Å². The summed E-state index contributed by atoms with van der Waals surface area (Å²) >= 11 is 1.66. The third-order valence-corrected chi connectivity index (χ3v) is 5.86. The van der Waals surface area contributed by atoms with E-state index in [1.54, 1.807) is 22.9 Å². The fourth-order valence-corrected chi connectivity index (χ4v) is 4.78. The number of aryl methyl sites for hydroxylation is 2. The molecule has 3 heterocycles. The third kappa shape index (κ3) is 2.61. The van der Waals surface area contributed by atoms with Gasteiger partial charge in [-0.15, -0.1) is 0 Å². The molecule has 1 atom stereocenters. The highest BCUT2D eigenvalue weighted by Crippen LogP contribution is 2.48. The summed E-state index contributed by atoms with van der Waals surface area (Å²) in [5.74, 6) is 0.606. The van der Waals surface area contributed by atoms with Crippen LogP contribution in [0.15, 0.2) is 47.6 Å². The van der Waals surface area contributed by atoms with Gasteiger partial charge in [0.25, 0.3) is 0 Å². The number of nitrogens with zero attached hydrogens (tertiary/aromatic N) is 3. The van der Waals surface area contributed by atoms with Crippen LogP contribution in [-0.4, -0.2) is 40.7 Å². The van der Waals surface area contributed by atoms with Crippen molar-refractivity contribution in [1.29, 1.82) is 0 Å². The summed E-state index contributed by atoms with van der Waals surface area (Å²) in [5, 5.41) is 0. The Morgan fingerprint density at radius 3 is 2.84 bits per heavy atom. The van der Waals surface area contributed by atoms with E-state index in [4.69, 9.17) is 9.73 Å². The fourth-order valence-electron chi connectivity index (χ4n) is 3.46. The lowest BCUT2D eigenvalue weighted by Gasteiger charge is -2.37. The third-order valence-electron chi connectivity index (χ3n) is 4.54. The first-order valence-electron chi connectivity index (χ1n) is 8.25. The lowest BCUT2D eigenvalue weighted by atomic mass is 9.93. The Morgan fingerprint density at radius 2 is 2.12 bits per heavy atom. The van der Waals surface area contributed by atoms with Gasteiger partial charge in [-0.25, -0.2) is 4.79 Å². The summed E-state index contributed by atoms with van der Waals surface area (Å²) in [5.41, 5.74) is 5.05. The second-order valence-corrected chi connectivity index (χ2v) is 7.38. The zero-order valence-electron chi connectivity index (χ0n) is 14.2. The molecular weight excluding hydrogens is 334 g/mol. The number of hydrogen-bond acceptors (Lipinski definition) is 5. The second-order valence-electron chi connectivity index (χ2n) is 6.25. The Balaban J connectivity index is 1.92. The molecule has 4 rings (SSSR count). The first kappa shape index (κ1) is 16.1. The number of amides is 1. The molecule has 1 amide bonds. The smallest absolute Gasteiger partial charge is 0.411 e. The van der Waals surface area contributed by atoms with Crippen LogP contribution in [0.4, 0.5) is 4.79 Å². The Morgan fingerprint density at radius 1 is 1.24 bits per heavy atom. The van der Waals surface area contributed by atoms with Crippen molar-refractivity contribution in [2.24, 2.45) is 4.99 Å². The zero-order valence-corrected chi connectivity index (χ0v) is 15.0. The van der Waals surface area contributed by atoms with Gasteiger partial charge >= 0.3 is 6.09 Å². The number of ether oxygens (including phenoxy) is 1. The monoisotopic (exact) mass is 353 g/mol. The largest absolute Gasteiger partial charge is 0.447 e. The molecule has 128 valence electrons. The highest BCUT2D eigenvalue weighted by atomic mass is 32.2. The van der Waals surface area contributed by atoms with E-state index in [0.717, 1.165) is 22.5 Å². The second kappa shape index (κ2) is 6.19. The van der Waals surface area contributed by atoms with Gasteiger partial charge in [-0.2, -0.15) is 0 Å². The number of pyridine rings is 1. The van der Waals surface area contributed by atoms with Crippen molar-refractivity contribution in [2.75, 3.05) is 19.0 Å². The van der Waals surface area contributed by atoms with Gasteiger partial charge in [0.15, 0.2) is 4.87 Å². The number of carbonyl (C=O) groups is 1. The van der Waals surface area contributed by atoms with Gasteiger partial charge in [0.2, 0.25) is 0 Å². The minimum absolute atomic E-state index is 0.288. The number of aromatic nitrogens is 1. The predicted octanol–water partition coefficient (Wildman–Crippen LogP) is 3.50. The van der Waals surface area contributed by atoms with Crippen molar-refractivity contribution in [3.8, 4) is 0 Å². The maximum absolute atomic E-state index is 12.5. The average molecular weight is 353 g/mol. The summed E-state index contributed by atoms with van der Waals surface area (Å²) in [4.78, 5) is 22.7. The van der Waals surface area contributed by atoms with Crippen LogP contribution in [0.2, 0.25) is 0 Å². The van der Waals surface area contributed by atoms with Gasteiger partial charge in [0.05, 0.1) is 18.1 Å². The zero-order chi connectivity index (χ0) is 17.4. The predicted molar refractivity (Wildman–Crippen MR) is 98.9 cm³/mol. The van der Waals surface area contributed by atoms with Crippen LogP contribution < -0.4 is 0 Å². The number of cyclic esters (lactones) is 1. The molecule has 0 N–H and O–H groups in total. The average Bonchev–Trinajstić information content (AvgIpc) is 3.21. The number of hydrogen-bond donors (Lipinski definition) is 0. The lowest BCUT2D eigenvalue weighted by Crippen LogP contribution is -2.49. The fraction of sp³-hybridized carbons (Fsp3) is 0.316. The van der Waals surface area contributed by atoms with Crippen molar-refractivity contribution < 1.29 is 9.53 Å². The first-order chi connectivity index (χ1) is 12.1. The molecule has 1 unspecified atom stereocenters. The van der Waals surface area contributed by atoms with Crippen LogP contribution in [0.1, 0.15) is 22.4 Å². The molecule has 0 bridgehead atoms. The van der Waals surface area contributed by atoms with Crippen LogP contribution in [-0.2, 0) is 9.61 Å². The molecular formula is C19H19N3O2S. The van der Waals surface area contributed by atoms with Crippen molar-refractivity contribution in [2.45, 2.75) is 18.7 Å². The Kier molecular flexibility index (Phi) is 4.00. The van der Waals surface area contributed by atoms with E-state index in [9.17, 15) is 4.79 Å². The Labute approximate surface area is 151 Å². The van der Waals surface area contributed by atoms with Gasteiger partial charge in [0.1, 0.15) is 6.61 Å². The highest BCUT2D eigenvalue weighted by Gasteiger charge is 2.51. The standard InChI is InChI=1S/C19H19N3O2S/c1-13-4-3-5-15(10-13)17-19(25-12-21-17,22-8-9-24-18(22)23)16-6-7-20-14(2)11-16/h3-7,10-11H,8-9,12H2,1-2H3. The van der Waals surface area contributed by atoms with E-state index in [1.165, 1.54) is 5.56 Å². The van der Waals surface area contributed by atoms with Crippen molar-refractivity contribution in [3.05, 3.63) is 65.0 Å². The first-order valence-corrected chi connectivity index (χ1v) is 9.23. The van der Waals surface area contributed by atoms with Gasteiger partial charge in [-0.3, -0.25) is 14.9 Å². The molecule has 25 heavy (non-hydrogen) atoms. The van der Waals surface area contributed by atoms with Crippen LogP contribution in [0.3, 0.4) is 0 Å². The molecule has 2 aliphatic rings. The Bertz CT molecular complexity index is 867. The molecule has 0 saturated carbocycles. The van der Waals surface area contributed by atoms with E-state index in [2.05, 4.69) is 30.1 Å². The summed E-state index contributed by atoms with van der Waals surface area (Å²) in [6.45, 7) is 4.99. The molecule has 1 aromatic carbocycles. The molecule has 0 spiro atoms. The lowest BCUT2D eigenvalue weighted by molar-refractivity contribution is 0.151. The molecule has 1 saturated heterocycles. The molecule has 6 heteroatoms. The summed E-state index contributed by atoms with van der Waals surface area (Å²) in [6, 6.07) is 12.3. The molecule has 5 nitrogen and oxygen atoms in total. The highest BCUT2D eigenvalue weighted by molar-refractivity contribution is 8.01. The van der Waals surface area contributed by atoms with E-state index in [-0.39, 0.29) is 6.09 Å². The molecule has 1 aromatic heterocycles. The van der Waals surface area contributed by atoms with Crippen LogP contribution in [0.5, 0.6) is 0 Å². The Hall–Kier alpha value is -2.34. The normalized spacial score (nSPS) is 22.9. The number of benzene rings is 1. The summed E-state index contributed by atoms with van der Waals surface area (Å²) in [7, 11) is 0. The number of carbonyl (C=O) groups excluding carboxylic acids is 1. The van der Waals surface area contributed by atoms with Gasteiger partial charge < -0.3 is 4.74 Å². The number of thioether (sulfide) groups is 1. The summed E-state index contributed by atoms with van der Waals surface area (Å²) < 4.78 is 5.27. The van der Waals surface area contributed by atoms with E-state index >= 15 is 0 Å². The van der Waals surface area contributed by atoms with E-state index in [1.807, 2.05) is 25.1 Å².